The standard InChI is InChI=1S/C4H10BNS/c1-3-4(7)6(2)5/h3,5H2,1-2H3. The molecule has 0 aliphatic heterocycles. The van der Waals surface area contributed by atoms with E-state index in [1.54, 1.807) is 0 Å². The fourth-order valence-corrected chi connectivity index (χ4v) is 0.316. The van der Waals surface area contributed by atoms with Gasteiger partial charge in [0.2, 0.25) is 7.98 Å². The summed E-state index contributed by atoms with van der Waals surface area (Å²) in [6.45, 7) is 2.06. The van der Waals surface area contributed by atoms with Gasteiger partial charge in [-0.2, -0.15) is 0 Å². The minimum atomic E-state index is 0.975. The maximum Gasteiger partial charge on any atom is 0.217 e. The number of hydrogen-bond acceptors (Lipinski definition) is 1. The van der Waals surface area contributed by atoms with E-state index in [0.29, 0.717) is 0 Å². The summed E-state index contributed by atoms with van der Waals surface area (Å²) in [5, 5.41) is 0. The van der Waals surface area contributed by atoms with Crippen LogP contribution in [0.3, 0.4) is 0 Å². The van der Waals surface area contributed by atoms with Crippen LogP contribution in [-0.2, 0) is 0 Å². The molecule has 3 heteroatoms. The zero-order valence-electron chi connectivity index (χ0n) is 5.06. The number of nitrogens with zero attached hydrogens (tertiary/aromatic N) is 1. The van der Waals surface area contributed by atoms with E-state index < -0.39 is 0 Å². The molecule has 0 amide bonds. The molecule has 0 saturated carbocycles. The summed E-state index contributed by atoms with van der Waals surface area (Å²) in [7, 11) is 3.93. The zero-order valence-corrected chi connectivity index (χ0v) is 5.88. The van der Waals surface area contributed by atoms with E-state index in [0.717, 1.165) is 11.4 Å². The lowest BCUT2D eigenvalue weighted by molar-refractivity contribution is 0.811. The van der Waals surface area contributed by atoms with Crippen LogP contribution in [0.5, 0.6) is 0 Å². The molecule has 0 atom stereocenters. The summed E-state index contributed by atoms with van der Waals surface area (Å²) in [5.41, 5.74) is 0. The monoisotopic (exact) mass is 115 g/mol. The van der Waals surface area contributed by atoms with Crippen LogP contribution in [0.4, 0.5) is 0 Å². The average molecular weight is 115 g/mol. The van der Waals surface area contributed by atoms with Crippen LogP contribution in [0.1, 0.15) is 13.3 Å². The first kappa shape index (κ1) is 6.95. The SMILES string of the molecule is BN(C)C(=S)CC. The highest BCUT2D eigenvalue weighted by Gasteiger charge is 1.89. The third-order valence-electron chi connectivity index (χ3n) is 0.801. The quantitative estimate of drug-likeness (QED) is 0.355. The minimum Gasteiger partial charge on any atom is -0.419 e. The first-order valence-electron chi connectivity index (χ1n) is 2.38. The summed E-state index contributed by atoms with van der Waals surface area (Å²) in [4.78, 5) is 2.97. The van der Waals surface area contributed by atoms with Crippen molar-refractivity contribution in [3.63, 3.8) is 0 Å². The zero-order chi connectivity index (χ0) is 5.86. The Morgan fingerprint density at radius 2 is 2.29 bits per heavy atom. The Labute approximate surface area is 51.1 Å². The normalized spacial score (nSPS) is 8.29. The lowest BCUT2D eigenvalue weighted by Gasteiger charge is -2.10. The molecule has 0 aromatic rings. The van der Waals surface area contributed by atoms with Gasteiger partial charge in [0.05, 0.1) is 4.99 Å². The second kappa shape index (κ2) is 3.02. The summed E-state index contributed by atoms with van der Waals surface area (Å²) in [5.74, 6) is 0. The molecule has 0 aliphatic rings. The highest BCUT2D eigenvalue weighted by atomic mass is 32.1. The van der Waals surface area contributed by atoms with Gasteiger partial charge in [0.15, 0.2) is 0 Å². The third-order valence-corrected chi connectivity index (χ3v) is 1.46. The fraction of sp³-hybridized carbons (Fsp3) is 0.750. The molecule has 40 valence electrons. The minimum absolute atomic E-state index is 0.975. The van der Waals surface area contributed by atoms with Crippen molar-refractivity contribution in [1.82, 2.24) is 4.81 Å². The maximum atomic E-state index is 4.91. The fourth-order valence-electron chi connectivity index (χ4n) is 0.316. The van der Waals surface area contributed by atoms with Gasteiger partial charge in [-0.1, -0.05) is 19.1 Å². The number of rotatable bonds is 1. The van der Waals surface area contributed by atoms with Crippen LogP contribution in [0.2, 0.25) is 0 Å². The third kappa shape index (κ3) is 2.63. The highest BCUT2D eigenvalue weighted by Crippen LogP contribution is 1.85. The predicted molar refractivity (Wildman–Crippen MR) is 39.2 cm³/mol. The van der Waals surface area contributed by atoms with E-state index in [-0.39, 0.29) is 0 Å². The molecule has 0 unspecified atom stereocenters. The first-order valence-corrected chi connectivity index (χ1v) is 2.79. The van der Waals surface area contributed by atoms with Gasteiger partial charge >= 0.3 is 0 Å². The molecule has 0 aliphatic carbocycles. The van der Waals surface area contributed by atoms with E-state index in [2.05, 4.69) is 6.92 Å². The molecule has 0 heterocycles. The molecular formula is C4H10BNS. The smallest absolute Gasteiger partial charge is 0.217 e. The van der Waals surface area contributed by atoms with Crippen molar-refractivity contribution in [2.24, 2.45) is 0 Å². The Balaban J connectivity index is 3.35. The van der Waals surface area contributed by atoms with Gasteiger partial charge < -0.3 is 4.81 Å². The first-order chi connectivity index (χ1) is 3.18. The molecule has 0 saturated heterocycles. The van der Waals surface area contributed by atoms with Gasteiger partial charge in [-0.15, -0.1) is 0 Å². The number of thiocarbonyl (C=S) groups is 1. The Morgan fingerprint density at radius 1 is 1.86 bits per heavy atom. The van der Waals surface area contributed by atoms with Crippen LogP contribution in [0.25, 0.3) is 0 Å². The highest BCUT2D eigenvalue weighted by molar-refractivity contribution is 7.80. The van der Waals surface area contributed by atoms with Gasteiger partial charge in [0, 0.05) is 0 Å². The lowest BCUT2D eigenvalue weighted by atomic mass is 10.3. The Hall–Kier alpha value is -0.0451. The molecule has 0 spiro atoms. The summed E-state index contributed by atoms with van der Waals surface area (Å²) in [6, 6.07) is 0. The number of hydrogen-bond donors (Lipinski definition) is 0. The van der Waals surface area contributed by atoms with Crippen LogP contribution in [-0.4, -0.2) is 24.8 Å². The largest absolute Gasteiger partial charge is 0.419 e. The summed E-state index contributed by atoms with van der Waals surface area (Å²) < 4.78 is 0. The Bertz CT molecular complexity index is 72.1. The van der Waals surface area contributed by atoms with Crippen molar-refractivity contribution in [3.8, 4) is 0 Å². The van der Waals surface area contributed by atoms with E-state index in [9.17, 15) is 0 Å². The van der Waals surface area contributed by atoms with Gasteiger partial charge in [-0.3, -0.25) is 0 Å². The molecule has 0 rings (SSSR count). The molecule has 0 bridgehead atoms. The topological polar surface area (TPSA) is 3.24 Å². The molecule has 7 heavy (non-hydrogen) atoms. The molecule has 1 nitrogen and oxygen atoms in total. The second-order valence-corrected chi connectivity index (χ2v) is 2.11. The van der Waals surface area contributed by atoms with Crippen LogP contribution >= 0.6 is 12.2 Å². The molecule has 0 N–H and O–H groups in total. The van der Waals surface area contributed by atoms with Gasteiger partial charge in [-0.05, 0) is 13.5 Å². The molecular weight excluding hydrogens is 105 g/mol. The van der Waals surface area contributed by atoms with Crippen molar-refractivity contribution < 1.29 is 0 Å². The second-order valence-electron chi connectivity index (χ2n) is 1.64. The van der Waals surface area contributed by atoms with E-state index in [1.807, 2.05) is 19.8 Å². The van der Waals surface area contributed by atoms with Crippen LogP contribution in [0, 0.1) is 0 Å². The average Bonchev–Trinajstić information content (AvgIpc) is 1.65. The Morgan fingerprint density at radius 3 is 2.29 bits per heavy atom. The Kier molecular flexibility index (Phi) is 3.00. The van der Waals surface area contributed by atoms with Crippen molar-refractivity contribution in [2.45, 2.75) is 13.3 Å². The predicted octanol–water partition coefficient (Wildman–Crippen LogP) is 0.204. The van der Waals surface area contributed by atoms with Crippen molar-refractivity contribution in [3.05, 3.63) is 0 Å². The van der Waals surface area contributed by atoms with Crippen molar-refractivity contribution in [2.75, 3.05) is 7.05 Å². The van der Waals surface area contributed by atoms with Crippen molar-refractivity contribution in [1.29, 1.82) is 0 Å². The van der Waals surface area contributed by atoms with Crippen LogP contribution < -0.4 is 0 Å². The van der Waals surface area contributed by atoms with Gasteiger partial charge in [0.1, 0.15) is 0 Å². The molecule has 0 radical (unpaired) electrons. The molecule has 0 aromatic carbocycles. The summed E-state index contributed by atoms with van der Waals surface area (Å²) >= 11 is 4.91. The maximum absolute atomic E-state index is 4.91. The van der Waals surface area contributed by atoms with E-state index in [4.69, 9.17) is 12.2 Å². The van der Waals surface area contributed by atoms with Gasteiger partial charge in [0.25, 0.3) is 0 Å². The van der Waals surface area contributed by atoms with Gasteiger partial charge in [-0.25, -0.2) is 0 Å². The van der Waals surface area contributed by atoms with Crippen molar-refractivity contribution >= 4 is 25.2 Å². The van der Waals surface area contributed by atoms with Crippen LogP contribution in [0.15, 0.2) is 0 Å². The molecule has 0 fully saturated rings. The lowest BCUT2D eigenvalue weighted by Crippen LogP contribution is -2.19. The molecule has 0 aromatic heterocycles. The summed E-state index contributed by atoms with van der Waals surface area (Å²) in [6.07, 6.45) is 0.975. The van der Waals surface area contributed by atoms with E-state index in [1.165, 1.54) is 0 Å². The van der Waals surface area contributed by atoms with E-state index >= 15 is 0 Å².